The number of nitriles is 1. The van der Waals surface area contributed by atoms with Gasteiger partial charge in [0.05, 0.1) is 35.6 Å². The number of amides is 1. The van der Waals surface area contributed by atoms with Crippen LogP contribution in [-0.2, 0) is 6.42 Å². The van der Waals surface area contributed by atoms with Gasteiger partial charge in [-0.05, 0) is 68.2 Å². The van der Waals surface area contributed by atoms with Crippen molar-refractivity contribution < 1.29 is 4.79 Å². The zero-order chi connectivity index (χ0) is 20.9. The molecule has 0 spiro atoms. The second kappa shape index (κ2) is 8.93. The molecular formula is C24H25N5O. The summed E-state index contributed by atoms with van der Waals surface area (Å²) in [6.07, 6.45) is 3.98. The minimum absolute atomic E-state index is 0.157. The minimum atomic E-state index is -0.157. The molecule has 1 saturated heterocycles. The van der Waals surface area contributed by atoms with E-state index in [0.29, 0.717) is 17.7 Å². The number of carbonyl (C=O) groups excluding carboxylic acids is 1. The van der Waals surface area contributed by atoms with Gasteiger partial charge in [0.25, 0.3) is 5.91 Å². The molecule has 2 N–H and O–H groups in total. The highest BCUT2D eigenvalue weighted by Gasteiger charge is 2.27. The summed E-state index contributed by atoms with van der Waals surface area (Å²) in [4.78, 5) is 13.2. The van der Waals surface area contributed by atoms with Gasteiger partial charge < -0.3 is 10.6 Å². The zero-order valence-corrected chi connectivity index (χ0v) is 17.1. The Bertz CT molecular complexity index is 1070. The van der Waals surface area contributed by atoms with Crippen LogP contribution in [-0.4, -0.2) is 28.8 Å². The smallest absolute Gasteiger partial charge is 0.259 e. The summed E-state index contributed by atoms with van der Waals surface area (Å²) < 4.78 is 1.92. The van der Waals surface area contributed by atoms with E-state index in [9.17, 15) is 4.79 Å². The highest BCUT2D eigenvalue weighted by molar-refractivity contribution is 6.05. The number of rotatable bonds is 5. The first-order valence-electron chi connectivity index (χ1n) is 10.3. The Morgan fingerprint density at radius 1 is 1.23 bits per heavy atom. The normalized spacial score (nSPS) is 14.3. The van der Waals surface area contributed by atoms with Crippen molar-refractivity contribution in [3.63, 3.8) is 0 Å². The van der Waals surface area contributed by atoms with E-state index < -0.39 is 0 Å². The van der Waals surface area contributed by atoms with Crippen LogP contribution in [0.3, 0.4) is 0 Å². The molecule has 1 aromatic heterocycles. The van der Waals surface area contributed by atoms with Crippen molar-refractivity contribution in [3.05, 3.63) is 77.1 Å². The van der Waals surface area contributed by atoms with Crippen molar-refractivity contribution >= 4 is 11.6 Å². The van der Waals surface area contributed by atoms with E-state index in [1.54, 1.807) is 6.20 Å². The van der Waals surface area contributed by atoms with Gasteiger partial charge in [-0.15, -0.1) is 0 Å². The molecule has 1 amide bonds. The van der Waals surface area contributed by atoms with Gasteiger partial charge in [-0.3, -0.25) is 4.79 Å². The molecule has 1 fully saturated rings. The maximum absolute atomic E-state index is 13.2. The number of nitrogens with zero attached hydrogens (tertiary/aromatic N) is 3. The molecule has 2 aromatic carbocycles. The molecular weight excluding hydrogens is 374 g/mol. The van der Waals surface area contributed by atoms with Crippen LogP contribution >= 0.6 is 0 Å². The zero-order valence-electron chi connectivity index (χ0n) is 17.1. The predicted octanol–water partition coefficient (Wildman–Crippen LogP) is 3.97. The van der Waals surface area contributed by atoms with Crippen LogP contribution in [0, 0.1) is 18.3 Å². The van der Waals surface area contributed by atoms with Gasteiger partial charge in [0.15, 0.2) is 0 Å². The molecule has 30 heavy (non-hydrogen) atoms. The standard InChI is InChI=1S/C24H25N5O/c1-17-3-2-4-21(15-17)29-23(19-10-13-26-14-11-19)22(16-27-29)24(30)28-20-7-5-18(6-8-20)9-12-25/h2-8,15-16,19,26H,9-11,13-14H2,1H3,(H,28,30). The maximum Gasteiger partial charge on any atom is 0.259 e. The quantitative estimate of drug-likeness (QED) is 0.680. The Morgan fingerprint density at radius 3 is 2.70 bits per heavy atom. The lowest BCUT2D eigenvalue weighted by atomic mass is 9.91. The van der Waals surface area contributed by atoms with E-state index in [1.165, 1.54) is 0 Å². The number of hydrogen-bond acceptors (Lipinski definition) is 4. The van der Waals surface area contributed by atoms with Crippen LogP contribution in [0.5, 0.6) is 0 Å². The molecule has 0 radical (unpaired) electrons. The number of piperidine rings is 1. The van der Waals surface area contributed by atoms with Crippen LogP contribution in [0.25, 0.3) is 5.69 Å². The molecule has 0 unspecified atom stereocenters. The van der Waals surface area contributed by atoms with Crippen LogP contribution in [0.2, 0.25) is 0 Å². The van der Waals surface area contributed by atoms with Gasteiger partial charge in [-0.25, -0.2) is 4.68 Å². The van der Waals surface area contributed by atoms with Crippen molar-refractivity contribution in [2.45, 2.75) is 32.1 Å². The molecule has 1 aliphatic rings. The van der Waals surface area contributed by atoms with E-state index in [0.717, 1.165) is 48.4 Å². The van der Waals surface area contributed by atoms with Gasteiger partial charge in [-0.1, -0.05) is 24.3 Å². The number of aryl methyl sites for hydroxylation is 1. The molecule has 152 valence electrons. The Kier molecular flexibility index (Phi) is 5.92. The largest absolute Gasteiger partial charge is 0.322 e. The molecule has 0 bridgehead atoms. The topological polar surface area (TPSA) is 82.7 Å². The summed E-state index contributed by atoms with van der Waals surface area (Å²) in [6.45, 7) is 3.93. The molecule has 0 aliphatic carbocycles. The molecule has 2 heterocycles. The first kappa shape index (κ1) is 19.9. The highest BCUT2D eigenvalue weighted by Crippen LogP contribution is 2.31. The van der Waals surface area contributed by atoms with Gasteiger partial charge in [0.2, 0.25) is 0 Å². The minimum Gasteiger partial charge on any atom is -0.322 e. The fraction of sp³-hybridized carbons (Fsp3) is 0.292. The fourth-order valence-corrected chi connectivity index (χ4v) is 3.98. The molecule has 3 aromatic rings. The Hall–Kier alpha value is -3.43. The SMILES string of the molecule is Cc1cccc(-n2ncc(C(=O)Nc3ccc(CC#N)cc3)c2C2CCNCC2)c1. The lowest BCUT2D eigenvalue weighted by molar-refractivity contribution is 0.102. The summed E-state index contributed by atoms with van der Waals surface area (Å²) in [5, 5.41) is 19.8. The number of aromatic nitrogens is 2. The average molecular weight is 399 g/mol. The van der Waals surface area contributed by atoms with Gasteiger partial charge >= 0.3 is 0 Å². The molecule has 4 rings (SSSR count). The lowest BCUT2D eigenvalue weighted by Crippen LogP contribution is -2.29. The van der Waals surface area contributed by atoms with Crippen LogP contribution in [0.4, 0.5) is 5.69 Å². The number of carbonyl (C=O) groups is 1. The fourth-order valence-electron chi connectivity index (χ4n) is 3.98. The number of hydrogen-bond donors (Lipinski definition) is 2. The molecule has 0 atom stereocenters. The number of anilines is 1. The van der Waals surface area contributed by atoms with E-state index in [-0.39, 0.29) is 11.8 Å². The van der Waals surface area contributed by atoms with E-state index in [4.69, 9.17) is 5.26 Å². The van der Waals surface area contributed by atoms with Crippen molar-refractivity contribution in [1.29, 1.82) is 5.26 Å². The van der Waals surface area contributed by atoms with Crippen LogP contribution in [0.1, 0.15) is 45.9 Å². The second-order valence-corrected chi connectivity index (χ2v) is 7.70. The highest BCUT2D eigenvalue weighted by atomic mass is 16.1. The summed E-state index contributed by atoms with van der Waals surface area (Å²) in [7, 11) is 0. The third-order valence-electron chi connectivity index (χ3n) is 5.52. The molecule has 6 nitrogen and oxygen atoms in total. The van der Waals surface area contributed by atoms with Gasteiger partial charge in [0.1, 0.15) is 0 Å². The summed E-state index contributed by atoms with van der Waals surface area (Å²) >= 11 is 0. The Labute approximate surface area is 176 Å². The molecule has 0 saturated carbocycles. The first-order valence-corrected chi connectivity index (χ1v) is 10.3. The Morgan fingerprint density at radius 2 is 2.00 bits per heavy atom. The van der Waals surface area contributed by atoms with Crippen molar-refractivity contribution in [2.24, 2.45) is 0 Å². The Balaban J connectivity index is 1.66. The van der Waals surface area contributed by atoms with Gasteiger partial charge in [0, 0.05) is 11.6 Å². The maximum atomic E-state index is 13.2. The summed E-state index contributed by atoms with van der Waals surface area (Å²) in [6, 6.07) is 17.7. The monoisotopic (exact) mass is 399 g/mol. The third-order valence-corrected chi connectivity index (χ3v) is 5.52. The first-order chi connectivity index (χ1) is 14.7. The van der Waals surface area contributed by atoms with Crippen LogP contribution in [0.15, 0.2) is 54.7 Å². The van der Waals surface area contributed by atoms with E-state index >= 15 is 0 Å². The van der Waals surface area contributed by atoms with Crippen molar-refractivity contribution in [3.8, 4) is 11.8 Å². The molecule has 6 heteroatoms. The lowest BCUT2D eigenvalue weighted by Gasteiger charge is -2.24. The van der Waals surface area contributed by atoms with Crippen molar-refractivity contribution in [1.82, 2.24) is 15.1 Å². The number of nitrogens with one attached hydrogen (secondary N) is 2. The second-order valence-electron chi connectivity index (χ2n) is 7.70. The molecule has 1 aliphatic heterocycles. The van der Waals surface area contributed by atoms with E-state index in [2.05, 4.69) is 40.9 Å². The summed E-state index contributed by atoms with van der Waals surface area (Å²) in [5.74, 6) is 0.114. The van der Waals surface area contributed by atoms with Crippen molar-refractivity contribution in [2.75, 3.05) is 18.4 Å². The van der Waals surface area contributed by atoms with Gasteiger partial charge in [-0.2, -0.15) is 10.4 Å². The van der Waals surface area contributed by atoms with Crippen LogP contribution < -0.4 is 10.6 Å². The summed E-state index contributed by atoms with van der Waals surface area (Å²) in [5.41, 5.74) is 5.36. The van der Waals surface area contributed by atoms with E-state index in [1.807, 2.05) is 41.1 Å². The third kappa shape index (κ3) is 4.27. The predicted molar refractivity (Wildman–Crippen MR) is 117 cm³/mol. The number of benzene rings is 2. The average Bonchev–Trinajstić information content (AvgIpc) is 3.21.